The molecular formula is C19H24N2O4S. The van der Waals surface area contributed by atoms with Crippen molar-refractivity contribution in [1.82, 2.24) is 5.32 Å². The molecule has 0 fully saturated rings. The number of benzene rings is 2. The lowest BCUT2D eigenvalue weighted by atomic mass is 10.1. The minimum atomic E-state index is -3.58. The van der Waals surface area contributed by atoms with Crippen molar-refractivity contribution in [3.8, 4) is 0 Å². The first kappa shape index (κ1) is 19.9. The zero-order valence-corrected chi connectivity index (χ0v) is 16.0. The molecule has 0 spiro atoms. The maximum absolute atomic E-state index is 12.3. The molecule has 2 rings (SSSR count). The number of ether oxygens (including phenoxy) is 1. The third-order valence-corrected chi connectivity index (χ3v) is 4.99. The normalized spacial score (nSPS) is 11.2. The highest BCUT2D eigenvalue weighted by Gasteiger charge is 2.21. The van der Waals surface area contributed by atoms with E-state index in [1.807, 2.05) is 43.3 Å². The number of amides is 1. The molecule has 7 heteroatoms. The SMILES string of the molecule is COCc1cccc(CNC(=O)CN(c2ccccc2C)S(C)(=O)=O)c1. The first-order chi connectivity index (χ1) is 12.3. The fourth-order valence-corrected chi connectivity index (χ4v) is 3.52. The first-order valence-electron chi connectivity index (χ1n) is 8.18. The summed E-state index contributed by atoms with van der Waals surface area (Å²) >= 11 is 0. The Hall–Kier alpha value is -2.38. The van der Waals surface area contributed by atoms with E-state index in [9.17, 15) is 13.2 Å². The summed E-state index contributed by atoms with van der Waals surface area (Å²) in [6, 6.07) is 14.8. The number of anilines is 1. The molecule has 0 bridgehead atoms. The number of para-hydroxylation sites is 1. The number of carbonyl (C=O) groups is 1. The smallest absolute Gasteiger partial charge is 0.241 e. The Bertz CT molecular complexity index is 865. The number of hydrogen-bond acceptors (Lipinski definition) is 4. The molecule has 0 aliphatic rings. The molecule has 0 unspecified atom stereocenters. The van der Waals surface area contributed by atoms with Crippen molar-refractivity contribution in [2.45, 2.75) is 20.1 Å². The van der Waals surface area contributed by atoms with Gasteiger partial charge in [-0.05, 0) is 29.7 Å². The van der Waals surface area contributed by atoms with Crippen LogP contribution in [0.5, 0.6) is 0 Å². The van der Waals surface area contributed by atoms with Crippen molar-refractivity contribution in [3.05, 3.63) is 65.2 Å². The van der Waals surface area contributed by atoms with Crippen LogP contribution in [0.1, 0.15) is 16.7 Å². The minimum Gasteiger partial charge on any atom is -0.380 e. The summed E-state index contributed by atoms with van der Waals surface area (Å²) in [4.78, 5) is 12.3. The summed E-state index contributed by atoms with van der Waals surface area (Å²) in [5, 5.41) is 2.77. The molecule has 0 atom stereocenters. The zero-order valence-electron chi connectivity index (χ0n) is 15.2. The highest BCUT2D eigenvalue weighted by Crippen LogP contribution is 2.21. The van der Waals surface area contributed by atoms with Gasteiger partial charge in [0.05, 0.1) is 18.6 Å². The molecule has 0 heterocycles. The van der Waals surface area contributed by atoms with Crippen LogP contribution in [0.4, 0.5) is 5.69 Å². The van der Waals surface area contributed by atoms with Gasteiger partial charge in [-0.15, -0.1) is 0 Å². The van der Waals surface area contributed by atoms with Gasteiger partial charge in [-0.2, -0.15) is 0 Å². The second-order valence-electron chi connectivity index (χ2n) is 6.09. The number of nitrogens with zero attached hydrogens (tertiary/aromatic N) is 1. The largest absolute Gasteiger partial charge is 0.380 e. The van der Waals surface area contributed by atoms with Crippen LogP contribution in [0.25, 0.3) is 0 Å². The number of hydrogen-bond donors (Lipinski definition) is 1. The van der Waals surface area contributed by atoms with Gasteiger partial charge in [0.1, 0.15) is 6.54 Å². The van der Waals surface area contributed by atoms with E-state index < -0.39 is 10.0 Å². The average molecular weight is 376 g/mol. The van der Waals surface area contributed by atoms with E-state index in [0.717, 1.165) is 27.3 Å². The maximum Gasteiger partial charge on any atom is 0.241 e. The third kappa shape index (κ3) is 5.57. The van der Waals surface area contributed by atoms with Gasteiger partial charge >= 0.3 is 0 Å². The van der Waals surface area contributed by atoms with Gasteiger partial charge in [0.2, 0.25) is 15.9 Å². The zero-order chi connectivity index (χ0) is 19.2. The summed E-state index contributed by atoms with van der Waals surface area (Å²) in [6.45, 7) is 2.37. The van der Waals surface area contributed by atoms with Crippen LogP contribution in [0.15, 0.2) is 48.5 Å². The van der Waals surface area contributed by atoms with Crippen molar-refractivity contribution in [1.29, 1.82) is 0 Å². The number of sulfonamides is 1. The summed E-state index contributed by atoms with van der Waals surface area (Å²) < 4.78 is 30.5. The Labute approximate surface area is 154 Å². The van der Waals surface area contributed by atoms with Crippen LogP contribution in [-0.4, -0.2) is 34.2 Å². The summed E-state index contributed by atoms with van der Waals surface area (Å²) in [5.41, 5.74) is 3.23. The molecule has 26 heavy (non-hydrogen) atoms. The van der Waals surface area contributed by atoms with Crippen LogP contribution in [0.3, 0.4) is 0 Å². The Kier molecular flexibility index (Phi) is 6.76. The predicted octanol–water partition coefficient (Wildman–Crippen LogP) is 2.22. The standard InChI is InChI=1S/C19H24N2O4S/c1-15-7-4-5-10-18(15)21(26(3,23)24)13-19(22)20-12-16-8-6-9-17(11-16)14-25-2/h4-11H,12-14H2,1-3H3,(H,20,22). The van der Waals surface area contributed by atoms with E-state index in [1.54, 1.807) is 19.2 Å². The molecule has 2 aromatic rings. The third-order valence-electron chi connectivity index (χ3n) is 3.86. The summed E-state index contributed by atoms with van der Waals surface area (Å²) in [7, 11) is -1.95. The predicted molar refractivity (Wildman–Crippen MR) is 102 cm³/mol. The Balaban J connectivity index is 2.06. The number of carbonyl (C=O) groups excluding carboxylic acids is 1. The van der Waals surface area contributed by atoms with E-state index in [2.05, 4.69) is 5.32 Å². The molecular weight excluding hydrogens is 352 g/mol. The van der Waals surface area contributed by atoms with E-state index in [1.165, 1.54) is 0 Å². The van der Waals surface area contributed by atoms with Crippen molar-refractivity contribution < 1.29 is 17.9 Å². The Morgan fingerprint density at radius 2 is 1.81 bits per heavy atom. The second kappa shape index (κ2) is 8.82. The molecule has 140 valence electrons. The molecule has 0 aliphatic heterocycles. The van der Waals surface area contributed by atoms with Gasteiger partial charge in [0.25, 0.3) is 0 Å². The first-order valence-corrected chi connectivity index (χ1v) is 10.0. The van der Waals surface area contributed by atoms with Gasteiger partial charge in [-0.1, -0.05) is 42.5 Å². The molecule has 0 saturated heterocycles. The average Bonchev–Trinajstić information content (AvgIpc) is 2.58. The fraction of sp³-hybridized carbons (Fsp3) is 0.316. The van der Waals surface area contributed by atoms with Crippen LogP contribution >= 0.6 is 0 Å². The van der Waals surface area contributed by atoms with Gasteiger partial charge in [0.15, 0.2) is 0 Å². The van der Waals surface area contributed by atoms with Crippen molar-refractivity contribution in [2.75, 3.05) is 24.2 Å². The van der Waals surface area contributed by atoms with Gasteiger partial charge in [-0.25, -0.2) is 8.42 Å². The highest BCUT2D eigenvalue weighted by molar-refractivity contribution is 7.92. The molecule has 2 aromatic carbocycles. The number of aryl methyl sites for hydroxylation is 1. The lowest BCUT2D eigenvalue weighted by molar-refractivity contribution is -0.119. The molecule has 1 amide bonds. The topological polar surface area (TPSA) is 75.7 Å². The van der Waals surface area contributed by atoms with Crippen LogP contribution in [0, 0.1) is 6.92 Å². The quantitative estimate of drug-likeness (QED) is 0.767. The van der Waals surface area contributed by atoms with Gasteiger partial charge in [-0.3, -0.25) is 9.10 Å². The molecule has 0 radical (unpaired) electrons. The van der Waals surface area contributed by atoms with Crippen LogP contribution in [-0.2, 0) is 32.7 Å². The fourth-order valence-electron chi connectivity index (χ4n) is 2.61. The highest BCUT2D eigenvalue weighted by atomic mass is 32.2. The second-order valence-corrected chi connectivity index (χ2v) is 7.99. The van der Waals surface area contributed by atoms with Crippen molar-refractivity contribution >= 4 is 21.6 Å². The molecule has 6 nitrogen and oxygen atoms in total. The Morgan fingerprint density at radius 1 is 1.12 bits per heavy atom. The van der Waals surface area contributed by atoms with Crippen molar-refractivity contribution in [2.24, 2.45) is 0 Å². The number of nitrogens with one attached hydrogen (secondary N) is 1. The van der Waals surface area contributed by atoms with Gasteiger partial charge < -0.3 is 10.1 Å². The van der Waals surface area contributed by atoms with E-state index in [4.69, 9.17) is 4.74 Å². The molecule has 0 aromatic heterocycles. The number of rotatable bonds is 8. The molecule has 0 aliphatic carbocycles. The van der Waals surface area contributed by atoms with Crippen molar-refractivity contribution in [3.63, 3.8) is 0 Å². The van der Waals surface area contributed by atoms with E-state index in [0.29, 0.717) is 18.8 Å². The number of methoxy groups -OCH3 is 1. The van der Waals surface area contributed by atoms with Crippen LogP contribution < -0.4 is 9.62 Å². The monoisotopic (exact) mass is 376 g/mol. The lowest BCUT2D eigenvalue weighted by Crippen LogP contribution is -2.40. The van der Waals surface area contributed by atoms with E-state index in [-0.39, 0.29) is 12.5 Å². The molecule has 1 N–H and O–H groups in total. The van der Waals surface area contributed by atoms with E-state index >= 15 is 0 Å². The minimum absolute atomic E-state index is 0.262. The maximum atomic E-state index is 12.3. The Morgan fingerprint density at radius 3 is 2.46 bits per heavy atom. The lowest BCUT2D eigenvalue weighted by Gasteiger charge is -2.23. The summed E-state index contributed by atoms with van der Waals surface area (Å²) in [5.74, 6) is -0.365. The molecule has 0 saturated carbocycles. The van der Waals surface area contributed by atoms with Gasteiger partial charge in [0, 0.05) is 13.7 Å². The summed E-state index contributed by atoms with van der Waals surface area (Å²) in [6.07, 6.45) is 1.10. The van der Waals surface area contributed by atoms with Crippen LogP contribution in [0.2, 0.25) is 0 Å².